The van der Waals surface area contributed by atoms with Crippen molar-refractivity contribution in [3.05, 3.63) is 59.0 Å². The summed E-state index contributed by atoms with van der Waals surface area (Å²) in [6.45, 7) is 6.04. The third-order valence-corrected chi connectivity index (χ3v) is 5.68. The Kier molecular flexibility index (Phi) is 6.44. The van der Waals surface area contributed by atoms with Gasteiger partial charge < -0.3 is 14.6 Å². The molecule has 2 aromatic carbocycles. The first kappa shape index (κ1) is 21.5. The molecule has 1 aromatic heterocycles. The van der Waals surface area contributed by atoms with Crippen LogP contribution in [0.1, 0.15) is 26.3 Å². The summed E-state index contributed by atoms with van der Waals surface area (Å²) in [6.07, 6.45) is 2.16. The third kappa shape index (κ3) is 5.67. The van der Waals surface area contributed by atoms with E-state index in [4.69, 9.17) is 16.3 Å². The molecule has 0 fully saturated rings. The summed E-state index contributed by atoms with van der Waals surface area (Å²) in [4.78, 5) is 18.9. The minimum Gasteiger partial charge on any atom is -0.444 e. The topological polar surface area (TPSA) is 45.3 Å². The van der Waals surface area contributed by atoms with Gasteiger partial charge >= 0.3 is 6.09 Å². The van der Waals surface area contributed by atoms with E-state index in [1.54, 1.807) is 29.8 Å². The SMILES string of the molecule is CN(CCc1cc(Cl)ccc1Sc1c[nH]c2cc(F)ccc12)C(=O)OC(C)(C)C. The van der Waals surface area contributed by atoms with E-state index >= 15 is 0 Å². The smallest absolute Gasteiger partial charge is 0.410 e. The Hall–Kier alpha value is -2.18. The monoisotopic (exact) mass is 434 g/mol. The van der Waals surface area contributed by atoms with Crippen LogP contribution in [0.25, 0.3) is 10.9 Å². The number of ether oxygens (including phenoxy) is 1. The Morgan fingerprint density at radius 1 is 1.21 bits per heavy atom. The van der Waals surface area contributed by atoms with Crippen molar-refractivity contribution >= 4 is 40.4 Å². The van der Waals surface area contributed by atoms with Gasteiger partial charge in [0.1, 0.15) is 11.4 Å². The van der Waals surface area contributed by atoms with Crippen LogP contribution < -0.4 is 0 Å². The van der Waals surface area contributed by atoms with Gasteiger partial charge in [-0.1, -0.05) is 23.4 Å². The van der Waals surface area contributed by atoms with Gasteiger partial charge in [0.15, 0.2) is 0 Å². The molecule has 0 radical (unpaired) electrons. The summed E-state index contributed by atoms with van der Waals surface area (Å²) in [5, 5.41) is 1.61. The van der Waals surface area contributed by atoms with Gasteiger partial charge in [0.2, 0.25) is 0 Å². The van der Waals surface area contributed by atoms with E-state index in [9.17, 15) is 9.18 Å². The Labute approximate surface area is 179 Å². The van der Waals surface area contributed by atoms with Crippen LogP contribution in [0, 0.1) is 5.82 Å². The highest BCUT2D eigenvalue weighted by Crippen LogP contribution is 2.36. The predicted molar refractivity (Wildman–Crippen MR) is 116 cm³/mol. The minimum absolute atomic E-state index is 0.270. The summed E-state index contributed by atoms with van der Waals surface area (Å²) < 4.78 is 18.8. The minimum atomic E-state index is -0.531. The fourth-order valence-electron chi connectivity index (χ4n) is 2.84. The van der Waals surface area contributed by atoms with Crippen LogP contribution in [0.4, 0.5) is 9.18 Å². The molecule has 7 heteroatoms. The lowest BCUT2D eigenvalue weighted by atomic mass is 10.1. The number of hydrogen-bond acceptors (Lipinski definition) is 3. The number of carbonyl (C=O) groups is 1. The Morgan fingerprint density at radius 3 is 2.69 bits per heavy atom. The van der Waals surface area contributed by atoms with Crippen LogP contribution in [-0.2, 0) is 11.2 Å². The number of amides is 1. The number of aromatic amines is 1. The van der Waals surface area contributed by atoms with Gasteiger partial charge in [-0.3, -0.25) is 0 Å². The molecule has 154 valence electrons. The van der Waals surface area contributed by atoms with Crippen molar-refractivity contribution in [2.75, 3.05) is 13.6 Å². The van der Waals surface area contributed by atoms with Crippen molar-refractivity contribution < 1.29 is 13.9 Å². The number of nitrogens with one attached hydrogen (secondary N) is 1. The summed E-state index contributed by atoms with van der Waals surface area (Å²) in [6, 6.07) is 10.4. The van der Waals surface area contributed by atoms with Crippen LogP contribution in [0.2, 0.25) is 5.02 Å². The Bertz CT molecular complexity index is 1030. The van der Waals surface area contributed by atoms with Gasteiger partial charge in [0, 0.05) is 45.5 Å². The molecule has 1 N–H and O–H groups in total. The first-order valence-electron chi connectivity index (χ1n) is 9.29. The van der Waals surface area contributed by atoms with Crippen molar-refractivity contribution in [3.63, 3.8) is 0 Å². The number of likely N-dealkylation sites (N-methyl/N-ethyl adjacent to an activating group) is 1. The molecule has 3 aromatic rings. The van der Waals surface area contributed by atoms with Crippen molar-refractivity contribution in [2.24, 2.45) is 0 Å². The molecule has 1 amide bonds. The zero-order chi connectivity index (χ0) is 21.2. The van der Waals surface area contributed by atoms with E-state index in [0.29, 0.717) is 18.0 Å². The molecule has 0 aliphatic carbocycles. The summed E-state index contributed by atoms with van der Waals surface area (Å²) in [5.41, 5.74) is 1.26. The van der Waals surface area contributed by atoms with Gasteiger partial charge in [-0.05, 0) is 69.2 Å². The number of aromatic nitrogens is 1. The molecule has 0 spiro atoms. The zero-order valence-corrected chi connectivity index (χ0v) is 18.5. The number of H-pyrrole nitrogens is 1. The molecular formula is C22H24ClFN2O2S. The van der Waals surface area contributed by atoms with Crippen molar-refractivity contribution in [3.8, 4) is 0 Å². The van der Waals surface area contributed by atoms with Crippen LogP contribution in [0.15, 0.2) is 52.4 Å². The molecule has 0 aliphatic heterocycles. The van der Waals surface area contributed by atoms with Gasteiger partial charge in [0.25, 0.3) is 0 Å². The number of benzene rings is 2. The summed E-state index contributed by atoms with van der Waals surface area (Å²) >= 11 is 7.80. The lowest BCUT2D eigenvalue weighted by Gasteiger charge is -2.24. The molecule has 29 heavy (non-hydrogen) atoms. The lowest BCUT2D eigenvalue weighted by Crippen LogP contribution is -2.35. The van der Waals surface area contributed by atoms with Crippen molar-refractivity contribution in [1.82, 2.24) is 9.88 Å². The highest BCUT2D eigenvalue weighted by Gasteiger charge is 2.20. The van der Waals surface area contributed by atoms with Gasteiger partial charge in [0.05, 0.1) is 0 Å². The summed E-state index contributed by atoms with van der Waals surface area (Å²) in [7, 11) is 1.72. The number of fused-ring (bicyclic) bond motifs is 1. The quantitative estimate of drug-likeness (QED) is 0.497. The average Bonchev–Trinajstić information content (AvgIpc) is 3.02. The lowest BCUT2D eigenvalue weighted by molar-refractivity contribution is 0.0300. The number of nitrogens with zero attached hydrogens (tertiary/aromatic N) is 1. The Morgan fingerprint density at radius 2 is 1.97 bits per heavy atom. The van der Waals surface area contributed by atoms with Crippen LogP contribution >= 0.6 is 23.4 Å². The number of halogens is 2. The second kappa shape index (κ2) is 8.67. The second-order valence-electron chi connectivity index (χ2n) is 7.85. The van der Waals surface area contributed by atoms with E-state index < -0.39 is 5.60 Å². The molecule has 0 unspecified atom stereocenters. The van der Waals surface area contributed by atoms with E-state index in [1.165, 1.54) is 12.1 Å². The molecule has 0 bridgehead atoms. The van der Waals surface area contributed by atoms with Crippen LogP contribution in [0.3, 0.4) is 0 Å². The molecular weight excluding hydrogens is 411 g/mol. The van der Waals surface area contributed by atoms with Gasteiger partial charge in [-0.2, -0.15) is 0 Å². The predicted octanol–water partition coefficient (Wildman–Crippen LogP) is 6.52. The van der Waals surface area contributed by atoms with Gasteiger partial charge in [-0.25, -0.2) is 9.18 Å². The van der Waals surface area contributed by atoms with E-state index in [-0.39, 0.29) is 11.9 Å². The van der Waals surface area contributed by atoms with E-state index in [1.807, 2.05) is 45.2 Å². The maximum Gasteiger partial charge on any atom is 0.410 e. The van der Waals surface area contributed by atoms with Crippen molar-refractivity contribution in [1.29, 1.82) is 0 Å². The number of hydrogen-bond donors (Lipinski definition) is 1. The first-order valence-corrected chi connectivity index (χ1v) is 10.5. The molecule has 0 saturated carbocycles. The number of rotatable bonds is 5. The largest absolute Gasteiger partial charge is 0.444 e. The van der Waals surface area contributed by atoms with Crippen molar-refractivity contribution in [2.45, 2.75) is 42.6 Å². The van der Waals surface area contributed by atoms with Crippen LogP contribution in [-0.4, -0.2) is 35.2 Å². The van der Waals surface area contributed by atoms with E-state index in [0.717, 1.165) is 26.3 Å². The molecule has 3 rings (SSSR count). The van der Waals surface area contributed by atoms with Gasteiger partial charge in [-0.15, -0.1) is 0 Å². The van der Waals surface area contributed by atoms with Crippen LogP contribution in [0.5, 0.6) is 0 Å². The maximum absolute atomic E-state index is 13.4. The second-order valence-corrected chi connectivity index (χ2v) is 9.37. The molecule has 1 heterocycles. The fraction of sp³-hybridized carbons (Fsp3) is 0.318. The normalized spacial score (nSPS) is 11.7. The zero-order valence-electron chi connectivity index (χ0n) is 16.9. The highest BCUT2D eigenvalue weighted by atomic mass is 35.5. The van der Waals surface area contributed by atoms with E-state index in [2.05, 4.69) is 4.98 Å². The molecule has 0 saturated heterocycles. The average molecular weight is 435 g/mol. The Balaban J connectivity index is 1.76. The molecule has 0 aliphatic rings. The highest BCUT2D eigenvalue weighted by molar-refractivity contribution is 7.99. The maximum atomic E-state index is 13.4. The number of carbonyl (C=O) groups excluding carboxylic acids is 1. The third-order valence-electron chi connectivity index (χ3n) is 4.27. The molecule has 0 atom stereocenters. The first-order chi connectivity index (χ1) is 13.6. The molecule has 4 nitrogen and oxygen atoms in total. The fourth-order valence-corrected chi connectivity index (χ4v) is 4.10. The standard InChI is InChI=1S/C22H24ClFN2O2S/c1-22(2,3)28-21(27)26(4)10-9-14-11-15(23)5-8-19(14)29-20-13-25-18-12-16(24)6-7-17(18)20/h5-8,11-13,25H,9-10H2,1-4H3. The summed E-state index contributed by atoms with van der Waals surface area (Å²) in [5.74, 6) is -0.270.